The molecular formula is C17H16N4. The maximum absolute atomic E-state index is 9.07. The molecule has 21 heavy (non-hydrogen) atoms. The average molecular weight is 276 g/mol. The standard InChI is InChI=1S/C17H16N4/c1-19-12-13-6-2-4-8-15(13)21-16-9-5-3-7-14(16)20-17(21)10-11-18/h2-9,19H,10,12H2,1H3. The van der Waals surface area contributed by atoms with Gasteiger partial charge >= 0.3 is 0 Å². The number of aromatic nitrogens is 2. The van der Waals surface area contributed by atoms with Crippen molar-refractivity contribution in [2.24, 2.45) is 0 Å². The Balaban J connectivity index is 2.28. The van der Waals surface area contributed by atoms with Gasteiger partial charge in [-0.1, -0.05) is 30.3 Å². The van der Waals surface area contributed by atoms with Crippen LogP contribution >= 0.6 is 0 Å². The fourth-order valence-electron chi connectivity index (χ4n) is 2.60. The summed E-state index contributed by atoms with van der Waals surface area (Å²) in [4.78, 5) is 4.60. The van der Waals surface area contributed by atoms with E-state index in [4.69, 9.17) is 5.26 Å². The number of fused-ring (bicyclic) bond motifs is 1. The van der Waals surface area contributed by atoms with Crippen molar-refractivity contribution in [2.75, 3.05) is 7.05 Å². The summed E-state index contributed by atoms with van der Waals surface area (Å²) >= 11 is 0. The number of hydrogen-bond acceptors (Lipinski definition) is 3. The monoisotopic (exact) mass is 276 g/mol. The van der Waals surface area contributed by atoms with Gasteiger partial charge in [-0.2, -0.15) is 5.26 Å². The number of nitrogens with zero attached hydrogens (tertiary/aromatic N) is 3. The number of nitriles is 1. The molecule has 0 aliphatic heterocycles. The van der Waals surface area contributed by atoms with Crippen LogP contribution in [-0.4, -0.2) is 16.6 Å². The number of nitrogens with one attached hydrogen (secondary N) is 1. The van der Waals surface area contributed by atoms with Crippen LogP contribution < -0.4 is 5.32 Å². The quantitative estimate of drug-likeness (QED) is 0.797. The van der Waals surface area contributed by atoms with E-state index in [1.807, 2.05) is 43.4 Å². The second-order valence-electron chi connectivity index (χ2n) is 4.85. The highest BCUT2D eigenvalue weighted by atomic mass is 15.1. The lowest BCUT2D eigenvalue weighted by molar-refractivity contribution is 0.804. The summed E-state index contributed by atoms with van der Waals surface area (Å²) in [7, 11) is 1.93. The summed E-state index contributed by atoms with van der Waals surface area (Å²) in [5.74, 6) is 0.780. The number of hydrogen-bond donors (Lipinski definition) is 1. The van der Waals surface area contributed by atoms with Gasteiger partial charge in [0.25, 0.3) is 0 Å². The van der Waals surface area contributed by atoms with Crippen LogP contribution in [0.1, 0.15) is 11.4 Å². The minimum absolute atomic E-state index is 0.294. The Morgan fingerprint density at radius 3 is 2.71 bits per heavy atom. The highest BCUT2D eigenvalue weighted by Crippen LogP contribution is 2.24. The zero-order valence-electron chi connectivity index (χ0n) is 11.9. The lowest BCUT2D eigenvalue weighted by atomic mass is 10.1. The molecule has 1 N–H and O–H groups in total. The van der Waals surface area contributed by atoms with Gasteiger partial charge in [-0.15, -0.1) is 0 Å². The molecule has 1 aromatic heterocycles. The molecule has 2 aromatic carbocycles. The van der Waals surface area contributed by atoms with Gasteiger partial charge in [0.1, 0.15) is 5.82 Å². The molecule has 0 unspecified atom stereocenters. The molecule has 0 fully saturated rings. The summed E-state index contributed by atoms with van der Waals surface area (Å²) in [6.07, 6.45) is 0.294. The average Bonchev–Trinajstić information content (AvgIpc) is 2.86. The number of imidazole rings is 1. The Morgan fingerprint density at radius 1 is 1.14 bits per heavy atom. The van der Waals surface area contributed by atoms with Crippen LogP contribution in [0.4, 0.5) is 0 Å². The van der Waals surface area contributed by atoms with Crippen molar-refractivity contribution in [3.05, 3.63) is 59.9 Å². The third-order valence-electron chi connectivity index (χ3n) is 3.47. The molecule has 1 heterocycles. The fourth-order valence-corrected chi connectivity index (χ4v) is 2.60. The SMILES string of the molecule is CNCc1ccccc1-n1c(CC#N)nc2ccccc21. The summed E-state index contributed by atoms with van der Waals surface area (Å²) in [5, 5.41) is 12.3. The molecule has 0 atom stereocenters. The second-order valence-corrected chi connectivity index (χ2v) is 4.85. The van der Waals surface area contributed by atoms with Crippen LogP contribution in [0, 0.1) is 11.3 Å². The Bertz CT molecular complexity index is 811. The van der Waals surface area contributed by atoms with Gasteiger partial charge < -0.3 is 5.32 Å². The first-order chi connectivity index (χ1) is 10.3. The lowest BCUT2D eigenvalue weighted by Gasteiger charge is -2.13. The molecule has 4 nitrogen and oxygen atoms in total. The lowest BCUT2D eigenvalue weighted by Crippen LogP contribution is -2.10. The van der Waals surface area contributed by atoms with Crippen molar-refractivity contribution in [1.29, 1.82) is 5.26 Å². The van der Waals surface area contributed by atoms with E-state index in [1.165, 1.54) is 5.56 Å². The number of benzene rings is 2. The first-order valence-corrected chi connectivity index (χ1v) is 6.91. The van der Waals surface area contributed by atoms with E-state index < -0.39 is 0 Å². The largest absolute Gasteiger partial charge is 0.316 e. The maximum Gasteiger partial charge on any atom is 0.128 e. The highest BCUT2D eigenvalue weighted by molar-refractivity contribution is 5.78. The smallest absolute Gasteiger partial charge is 0.128 e. The maximum atomic E-state index is 9.07. The van der Waals surface area contributed by atoms with E-state index in [1.54, 1.807) is 0 Å². The van der Waals surface area contributed by atoms with Gasteiger partial charge in [-0.05, 0) is 30.8 Å². The summed E-state index contributed by atoms with van der Waals surface area (Å²) in [6.45, 7) is 0.772. The van der Waals surface area contributed by atoms with Crippen LogP contribution in [0.15, 0.2) is 48.5 Å². The Labute approximate surface area is 123 Å². The number of para-hydroxylation sites is 3. The van der Waals surface area contributed by atoms with Crippen LogP contribution in [-0.2, 0) is 13.0 Å². The Hall–Kier alpha value is -2.64. The van der Waals surface area contributed by atoms with Gasteiger partial charge in [0.2, 0.25) is 0 Å². The molecule has 0 aliphatic rings. The highest BCUT2D eigenvalue weighted by Gasteiger charge is 2.14. The van der Waals surface area contributed by atoms with Crippen LogP contribution in [0.2, 0.25) is 0 Å². The molecule has 4 heteroatoms. The third kappa shape index (κ3) is 2.39. The molecule has 0 aliphatic carbocycles. The molecule has 0 spiro atoms. The molecule has 0 bridgehead atoms. The molecule has 0 saturated carbocycles. The van der Waals surface area contributed by atoms with E-state index in [0.29, 0.717) is 6.42 Å². The normalized spacial score (nSPS) is 10.7. The van der Waals surface area contributed by atoms with E-state index >= 15 is 0 Å². The second kappa shape index (κ2) is 5.78. The van der Waals surface area contributed by atoms with Crippen molar-refractivity contribution >= 4 is 11.0 Å². The van der Waals surface area contributed by atoms with E-state index in [2.05, 4.69) is 33.1 Å². The minimum atomic E-state index is 0.294. The summed E-state index contributed by atoms with van der Waals surface area (Å²) < 4.78 is 2.09. The predicted octanol–water partition coefficient (Wildman–Crippen LogP) is 2.81. The third-order valence-corrected chi connectivity index (χ3v) is 3.47. The summed E-state index contributed by atoms with van der Waals surface area (Å²) in [6, 6.07) is 18.4. The van der Waals surface area contributed by atoms with Crippen LogP contribution in [0.5, 0.6) is 0 Å². The van der Waals surface area contributed by atoms with Gasteiger partial charge in [0, 0.05) is 6.54 Å². The van der Waals surface area contributed by atoms with Crippen molar-refractivity contribution in [3.63, 3.8) is 0 Å². The zero-order valence-corrected chi connectivity index (χ0v) is 11.9. The molecular weight excluding hydrogens is 260 g/mol. The van der Waals surface area contributed by atoms with E-state index in [9.17, 15) is 0 Å². The van der Waals surface area contributed by atoms with Crippen LogP contribution in [0.25, 0.3) is 16.7 Å². The van der Waals surface area contributed by atoms with Crippen molar-refractivity contribution in [1.82, 2.24) is 14.9 Å². The topological polar surface area (TPSA) is 53.6 Å². The zero-order chi connectivity index (χ0) is 14.7. The first-order valence-electron chi connectivity index (χ1n) is 6.91. The van der Waals surface area contributed by atoms with E-state index in [0.717, 1.165) is 29.1 Å². The van der Waals surface area contributed by atoms with Crippen molar-refractivity contribution < 1.29 is 0 Å². The minimum Gasteiger partial charge on any atom is -0.316 e. The van der Waals surface area contributed by atoms with Crippen molar-refractivity contribution in [2.45, 2.75) is 13.0 Å². The van der Waals surface area contributed by atoms with Gasteiger partial charge in [0.05, 0.1) is 29.2 Å². The molecule has 0 radical (unpaired) electrons. The fraction of sp³-hybridized carbons (Fsp3) is 0.176. The molecule has 104 valence electrons. The van der Waals surface area contributed by atoms with Gasteiger partial charge in [-0.25, -0.2) is 4.98 Å². The van der Waals surface area contributed by atoms with Crippen LogP contribution in [0.3, 0.4) is 0 Å². The molecule has 3 aromatic rings. The first kappa shape index (κ1) is 13.3. The molecule has 0 amide bonds. The molecule has 3 rings (SSSR count). The Kier molecular flexibility index (Phi) is 3.67. The van der Waals surface area contributed by atoms with Gasteiger partial charge in [0.15, 0.2) is 0 Å². The van der Waals surface area contributed by atoms with Gasteiger partial charge in [-0.3, -0.25) is 4.57 Å². The summed E-state index contributed by atoms with van der Waals surface area (Å²) in [5.41, 5.74) is 4.21. The predicted molar refractivity (Wildman–Crippen MR) is 83.2 cm³/mol. The molecule has 0 saturated heterocycles. The van der Waals surface area contributed by atoms with Crippen molar-refractivity contribution in [3.8, 4) is 11.8 Å². The number of rotatable bonds is 4. The Morgan fingerprint density at radius 2 is 1.90 bits per heavy atom. The van der Waals surface area contributed by atoms with E-state index in [-0.39, 0.29) is 0 Å².